The molecule has 5 nitrogen and oxygen atoms in total. The second-order valence-electron chi connectivity index (χ2n) is 6.16. The number of hydrogen-bond donors (Lipinski definition) is 0. The fourth-order valence-electron chi connectivity index (χ4n) is 3.14. The van der Waals surface area contributed by atoms with Gasteiger partial charge in [0.1, 0.15) is 5.82 Å². The third-order valence-corrected chi connectivity index (χ3v) is 4.57. The van der Waals surface area contributed by atoms with Crippen LogP contribution in [0.5, 0.6) is 0 Å². The normalized spacial score (nSPS) is 19.2. The van der Waals surface area contributed by atoms with Gasteiger partial charge in [-0.1, -0.05) is 0 Å². The van der Waals surface area contributed by atoms with Gasteiger partial charge in [-0.3, -0.25) is 14.5 Å². The quantitative estimate of drug-likeness (QED) is 0.841. The highest BCUT2D eigenvalue weighted by atomic mass is 19.1. The van der Waals surface area contributed by atoms with Crippen molar-refractivity contribution in [2.45, 2.75) is 12.8 Å². The molecule has 0 saturated carbocycles. The standard InChI is InChI=1S/C17H22FN3O2/c18-15-5-3-14(4-6-15)17(23)21-11-9-19(10-12-21)13-16(22)20-7-1-2-8-20/h3-6H,1-2,7-13H2. The molecular weight excluding hydrogens is 297 g/mol. The summed E-state index contributed by atoms with van der Waals surface area (Å²) >= 11 is 0. The number of hydrogen-bond acceptors (Lipinski definition) is 3. The Bertz CT molecular complexity index is 562. The molecule has 2 amide bonds. The van der Waals surface area contributed by atoms with Gasteiger partial charge in [0.2, 0.25) is 5.91 Å². The predicted molar refractivity (Wildman–Crippen MR) is 84.6 cm³/mol. The Morgan fingerprint density at radius 3 is 2.09 bits per heavy atom. The Labute approximate surface area is 135 Å². The van der Waals surface area contributed by atoms with Crippen molar-refractivity contribution in [1.82, 2.24) is 14.7 Å². The highest BCUT2D eigenvalue weighted by Gasteiger charge is 2.25. The second-order valence-corrected chi connectivity index (χ2v) is 6.16. The van der Waals surface area contributed by atoms with Crippen molar-refractivity contribution >= 4 is 11.8 Å². The molecule has 0 aromatic heterocycles. The number of benzene rings is 1. The Morgan fingerprint density at radius 2 is 1.48 bits per heavy atom. The van der Waals surface area contributed by atoms with Crippen molar-refractivity contribution in [3.63, 3.8) is 0 Å². The minimum Gasteiger partial charge on any atom is -0.342 e. The molecule has 23 heavy (non-hydrogen) atoms. The maximum Gasteiger partial charge on any atom is 0.253 e. The van der Waals surface area contributed by atoms with Gasteiger partial charge in [0.05, 0.1) is 6.54 Å². The van der Waals surface area contributed by atoms with Crippen molar-refractivity contribution in [3.8, 4) is 0 Å². The summed E-state index contributed by atoms with van der Waals surface area (Å²) < 4.78 is 12.9. The van der Waals surface area contributed by atoms with Crippen LogP contribution in [0.25, 0.3) is 0 Å². The van der Waals surface area contributed by atoms with Gasteiger partial charge in [-0.25, -0.2) is 4.39 Å². The molecule has 0 N–H and O–H groups in total. The van der Waals surface area contributed by atoms with Gasteiger partial charge in [-0.15, -0.1) is 0 Å². The Hall–Kier alpha value is -1.95. The Balaban J connectivity index is 1.49. The zero-order valence-corrected chi connectivity index (χ0v) is 13.2. The van der Waals surface area contributed by atoms with Crippen molar-refractivity contribution in [3.05, 3.63) is 35.6 Å². The van der Waals surface area contributed by atoms with E-state index >= 15 is 0 Å². The number of piperazine rings is 1. The van der Waals surface area contributed by atoms with E-state index in [1.165, 1.54) is 24.3 Å². The van der Waals surface area contributed by atoms with Gasteiger partial charge in [0.15, 0.2) is 0 Å². The molecule has 2 aliphatic rings. The lowest BCUT2D eigenvalue weighted by Crippen LogP contribution is -2.51. The molecule has 124 valence electrons. The third kappa shape index (κ3) is 3.88. The molecule has 0 spiro atoms. The van der Waals surface area contributed by atoms with Gasteiger partial charge < -0.3 is 9.80 Å². The molecule has 1 aromatic rings. The lowest BCUT2D eigenvalue weighted by Gasteiger charge is -2.35. The molecular formula is C17H22FN3O2. The fourth-order valence-corrected chi connectivity index (χ4v) is 3.14. The monoisotopic (exact) mass is 319 g/mol. The average molecular weight is 319 g/mol. The number of halogens is 1. The minimum absolute atomic E-state index is 0.0736. The molecule has 0 aliphatic carbocycles. The maximum absolute atomic E-state index is 12.9. The third-order valence-electron chi connectivity index (χ3n) is 4.57. The van der Waals surface area contributed by atoms with Crippen LogP contribution in [0.2, 0.25) is 0 Å². The first kappa shape index (κ1) is 15.9. The summed E-state index contributed by atoms with van der Waals surface area (Å²) in [7, 11) is 0. The van der Waals surface area contributed by atoms with E-state index in [-0.39, 0.29) is 17.6 Å². The first-order valence-electron chi connectivity index (χ1n) is 8.18. The van der Waals surface area contributed by atoms with Crippen LogP contribution in [-0.4, -0.2) is 72.3 Å². The van der Waals surface area contributed by atoms with E-state index in [9.17, 15) is 14.0 Å². The molecule has 2 saturated heterocycles. The van der Waals surface area contributed by atoms with Gasteiger partial charge in [0, 0.05) is 44.8 Å². The van der Waals surface area contributed by atoms with Crippen LogP contribution in [-0.2, 0) is 4.79 Å². The summed E-state index contributed by atoms with van der Waals surface area (Å²) in [5.74, 6) is -0.219. The Morgan fingerprint density at radius 1 is 0.870 bits per heavy atom. The van der Waals surface area contributed by atoms with Crippen LogP contribution in [0, 0.1) is 5.82 Å². The lowest BCUT2D eigenvalue weighted by atomic mass is 10.2. The smallest absolute Gasteiger partial charge is 0.253 e. The van der Waals surface area contributed by atoms with Gasteiger partial charge in [-0.05, 0) is 37.1 Å². The van der Waals surface area contributed by atoms with E-state index in [1.807, 2.05) is 4.90 Å². The number of rotatable bonds is 3. The molecule has 2 aliphatic heterocycles. The SMILES string of the molecule is O=C(CN1CCN(C(=O)c2ccc(F)cc2)CC1)N1CCCC1. The summed E-state index contributed by atoms with van der Waals surface area (Å²) in [4.78, 5) is 30.3. The van der Waals surface area contributed by atoms with Gasteiger partial charge >= 0.3 is 0 Å². The molecule has 0 unspecified atom stereocenters. The molecule has 1 aromatic carbocycles. The topological polar surface area (TPSA) is 43.9 Å². The predicted octanol–water partition coefficient (Wildman–Crippen LogP) is 1.21. The largest absolute Gasteiger partial charge is 0.342 e. The molecule has 2 heterocycles. The van der Waals surface area contributed by atoms with Gasteiger partial charge in [-0.2, -0.15) is 0 Å². The maximum atomic E-state index is 12.9. The number of nitrogens with zero attached hydrogens (tertiary/aromatic N) is 3. The van der Waals surface area contributed by atoms with Crippen LogP contribution >= 0.6 is 0 Å². The van der Waals surface area contributed by atoms with E-state index in [2.05, 4.69) is 4.90 Å². The molecule has 0 bridgehead atoms. The minimum atomic E-state index is -0.341. The van der Waals surface area contributed by atoms with Crippen molar-refractivity contribution in [1.29, 1.82) is 0 Å². The summed E-state index contributed by atoms with van der Waals surface area (Å²) in [5, 5.41) is 0. The summed E-state index contributed by atoms with van der Waals surface area (Å²) in [6, 6.07) is 5.64. The summed E-state index contributed by atoms with van der Waals surface area (Å²) in [5.41, 5.74) is 0.507. The van der Waals surface area contributed by atoms with E-state index in [1.54, 1.807) is 4.90 Å². The molecule has 6 heteroatoms. The van der Waals surface area contributed by atoms with Crippen molar-refractivity contribution in [2.24, 2.45) is 0 Å². The zero-order chi connectivity index (χ0) is 16.2. The summed E-state index contributed by atoms with van der Waals surface area (Å²) in [6.45, 7) is 4.80. The van der Waals surface area contributed by atoms with Crippen LogP contribution in [0.4, 0.5) is 4.39 Å². The highest BCUT2D eigenvalue weighted by molar-refractivity contribution is 5.94. The zero-order valence-electron chi connectivity index (χ0n) is 13.2. The van der Waals surface area contributed by atoms with E-state index in [4.69, 9.17) is 0 Å². The average Bonchev–Trinajstić information content (AvgIpc) is 3.10. The fraction of sp³-hybridized carbons (Fsp3) is 0.529. The van der Waals surface area contributed by atoms with Crippen molar-refractivity contribution < 1.29 is 14.0 Å². The lowest BCUT2D eigenvalue weighted by molar-refractivity contribution is -0.131. The molecule has 3 rings (SSSR count). The van der Waals surface area contributed by atoms with E-state index < -0.39 is 0 Å². The highest BCUT2D eigenvalue weighted by Crippen LogP contribution is 2.12. The van der Waals surface area contributed by atoms with Crippen LogP contribution in [0.15, 0.2) is 24.3 Å². The first-order valence-corrected chi connectivity index (χ1v) is 8.18. The van der Waals surface area contributed by atoms with Crippen LogP contribution in [0.3, 0.4) is 0 Å². The molecule has 0 atom stereocenters. The van der Waals surface area contributed by atoms with Crippen LogP contribution in [0.1, 0.15) is 23.2 Å². The number of amides is 2. The number of carbonyl (C=O) groups is 2. The number of likely N-dealkylation sites (tertiary alicyclic amines) is 1. The van der Waals surface area contributed by atoms with E-state index in [0.29, 0.717) is 38.3 Å². The first-order chi connectivity index (χ1) is 11.1. The van der Waals surface area contributed by atoms with E-state index in [0.717, 1.165) is 25.9 Å². The van der Waals surface area contributed by atoms with Gasteiger partial charge in [0.25, 0.3) is 5.91 Å². The van der Waals surface area contributed by atoms with Crippen LogP contribution < -0.4 is 0 Å². The molecule has 0 radical (unpaired) electrons. The summed E-state index contributed by atoms with van der Waals surface area (Å²) in [6.07, 6.45) is 2.21. The second kappa shape index (κ2) is 7.08. The van der Waals surface area contributed by atoms with Crippen molar-refractivity contribution in [2.75, 3.05) is 45.8 Å². The number of carbonyl (C=O) groups excluding carboxylic acids is 2. The molecule has 2 fully saturated rings. The Kier molecular flexibility index (Phi) is 4.91.